The van der Waals surface area contributed by atoms with E-state index in [4.69, 9.17) is 0 Å². The van der Waals surface area contributed by atoms with Gasteiger partial charge in [0.25, 0.3) is 0 Å². The summed E-state index contributed by atoms with van der Waals surface area (Å²) >= 11 is 0. The lowest BCUT2D eigenvalue weighted by Crippen LogP contribution is -2.30. The molecule has 1 saturated carbocycles. The fourth-order valence-corrected chi connectivity index (χ4v) is 3.33. The van der Waals surface area contributed by atoms with Gasteiger partial charge < -0.3 is 5.32 Å². The maximum Gasteiger partial charge on any atom is 0.215 e. The van der Waals surface area contributed by atoms with E-state index in [1.807, 2.05) is 24.3 Å². The van der Waals surface area contributed by atoms with Crippen LogP contribution in [0.3, 0.4) is 0 Å². The molecule has 1 fully saturated rings. The monoisotopic (exact) mass is 296 g/mol. The van der Waals surface area contributed by atoms with Crippen LogP contribution in [-0.4, -0.2) is 21.5 Å². The van der Waals surface area contributed by atoms with E-state index in [9.17, 15) is 8.42 Å². The molecule has 0 atom stereocenters. The Morgan fingerprint density at radius 3 is 2.60 bits per heavy atom. The van der Waals surface area contributed by atoms with Crippen LogP contribution < -0.4 is 10.0 Å². The summed E-state index contributed by atoms with van der Waals surface area (Å²) in [6.45, 7) is 6.41. The molecule has 1 aromatic carbocycles. The molecule has 20 heavy (non-hydrogen) atoms. The Balaban J connectivity index is 1.93. The third kappa shape index (κ3) is 4.89. The second kappa shape index (κ2) is 6.24. The van der Waals surface area contributed by atoms with E-state index in [0.717, 1.165) is 37.1 Å². The Morgan fingerprint density at radius 2 is 1.95 bits per heavy atom. The Kier molecular flexibility index (Phi) is 4.83. The van der Waals surface area contributed by atoms with E-state index < -0.39 is 10.0 Å². The van der Waals surface area contributed by atoms with E-state index in [-0.39, 0.29) is 11.2 Å². The highest BCUT2D eigenvalue weighted by molar-refractivity contribution is 7.88. The summed E-state index contributed by atoms with van der Waals surface area (Å²) in [5.41, 5.74) is 2.16. The van der Waals surface area contributed by atoms with E-state index >= 15 is 0 Å². The zero-order chi connectivity index (χ0) is 14.6. The maximum absolute atomic E-state index is 12.1. The first-order valence-corrected chi connectivity index (χ1v) is 8.84. The molecule has 4 nitrogen and oxygen atoms in total. The normalized spacial score (nSPS) is 17.1. The summed E-state index contributed by atoms with van der Waals surface area (Å²) < 4.78 is 26.9. The number of hydrogen-bond donors (Lipinski definition) is 2. The highest BCUT2D eigenvalue weighted by Crippen LogP contribution is 2.44. The first kappa shape index (κ1) is 15.5. The Bertz CT molecular complexity index is 551. The number of nitrogens with one attached hydrogen (secondary N) is 2. The van der Waals surface area contributed by atoms with Crippen molar-refractivity contribution < 1.29 is 8.42 Å². The Morgan fingerprint density at radius 1 is 1.25 bits per heavy atom. The molecule has 0 aliphatic heterocycles. The number of sulfonamides is 1. The van der Waals surface area contributed by atoms with Crippen molar-refractivity contribution in [3.63, 3.8) is 0 Å². The molecule has 2 N–H and O–H groups in total. The average molecular weight is 296 g/mol. The molecule has 2 rings (SSSR count). The first-order valence-electron chi connectivity index (χ1n) is 7.18. The van der Waals surface area contributed by atoms with Crippen LogP contribution in [0.5, 0.6) is 0 Å². The lowest BCUT2D eigenvalue weighted by Gasteiger charge is -2.11. The minimum atomic E-state index is -3.24. The van der Waals surface area contributed by atoms with Crippen molar-refractivity contribution in [1.82, 2.24) is 10.0 Å². The zero-order valence-corrected chi connectivity index (χ0v) is 13.1. The van der Waals surface area contributed by atoms with E-state index in [1.54, 1.807) is 0 Å². The summed E-state index contributed by atoms with van der Waals surface area (Å²) in [5, 5.41) is 3.24. The predicted octanol–water partition coefficient (Wildman–Crippen LogP) is 2.02. The molecular weight excluding hydrogens is 272 g/mol. The maximum atomic E-state index is 12.1. The molecule has 0 bridgehead atoms. The van der Waals surface area contributed by atoms with Crippen LogP contribution in [0.4, 0.5) is 0 Å². The van der Waals surface area contributed by atoms with Crippen LogP contribution >= 0.6 is 0 Å². The third-order valence-electron chi connectivity index (χ3n) is 3.75. The molecule has 0 aromatic heterocycles. The van der Waals surface area contributed by atoms with Crippen LogP contribution in [0.1, 0.15) is 37.8 Å². The minimum absolute atomic E-state index is 0.0586. The minimum Gasteiger partial charge on any atom is -0.313 e. The molecule has 112 valence electrons. The predicted molar refractivity (Wildman–Crippen MR) is 81.8 cm³/mol. The van der Waals surface area contributed by atoms with Gasteiger partial charge in [-0.1, -0.05) is 38.1 Å². The van der Waals surface area contributed by atoms with Gasteiger partial charge in [0.05, 0.1) is 5.75 Å². The van der Waals surface area contributed by atoms with E-state index in [2.05, 4.69) is 23.9 Å². The van der Waals surface area contributed by atoms with Crippen molar-refractivity contribution in [1.29, 1.82) is 0 Å². The van der Waals surface area contributed by atoms with Crippen LogP contribution in [-0.2, 0) is 22.3 Å². The van der Waals surface area contributed by atoms with Gasteiger partial charge in [-0.05, 0) is 35.9 Å². The molecular formula is C15H24N2O2S. The van der Waals surface area contributed by atoms with E-state index in [1.165, 1.54) is 0 Å². The highest BCUT2D eigenvalue weighted by atomic mass is 32.2. The van der Waals surface area contributed by atoms with Gasteiger partial charge in [0.1, 0.15) is 0 Å². The highest BCUT2D eigenvalue weighted by Gasteiger charge is 2.37. The molecule has 0 amide bonds. The van der Waals surface area contributed by atoms with Crippen LogP contribution in [0, 0.1) is 5.41 Å². The van der Waals surface area contributed by atoms with E-state index in [0.29, 0.717) is 6.54 Å². The van der Waals surface area contributed by atoms with Gasteiger partial charge in [0, 0.05) is 13.1 Å². The van der Waals surface area contributed by atoms with Crippen molar-refractivity contribution >= 4 is 10.0 Å². The molecule has 0 spiro atoms. The van der Waals surface area contributed by atoms with Crippen LogP contribution in [0.2, 0.25) is 0 Å². The van der Waals surface area contributed by atoms with Gasteiger partial charge in [0.2, 0.25) is 10.0 Å². The molecule has 0 heterocycles. The number of hydrogen-bond acceptors (Lipinski definition) is 3. The molecule has 1 aromatic rings. The summed E-state index contributed by atoms with van der Waals surface area (Å²) in [6.07, 6.45) is 2.24. The first-order chi connectivity index (χ1) is 9.42. The summed E-state index contributed by atoms with van der Waals surface area (Å²) in [6, 6.07) is 7.76. The fraction of sp³-hybridized carbons (Fsp3) is 0.600. The Labute approximate surface area is 122 Å². The molecule has 0 saturated heterocycles. The van der Waals surface area contributed by atoms with Gasteiger partial charge in [-0.15, -0.1) is 0 Å². The quantitative estimate of drug-likeness (QED) is 0.771. The molecule has 0 unspecified atom stereocenters. The zero-order valence-electron chi connectivity index (χ0n) is 12.3. The lowest BCUT2D eigenvalue weighted by atomic mass is 10.1. The Hall–Kier alpha value is -0.910. The molecule has 1 aliphatic carbocycles. The lowest BCUT2D eigenvalue weighted by molar-refractivity contribution is 0.530. The summed E-state index contributed by atoms with van der Waals surface area (Å²) in [7, 11) is -3.24. The van der Waals surface area contributed by atoms with Gasteiger partial charge in [0.15, 0.2) is 0 Å². The van der Waals surface area contributed by atoms with Gasteiger partial charge in [-0.3, -0.25) is 0 Å². The average Bonchev–Trinajstić information content (AvgIpc) is 3.13. The second-order valence-electron chi connectivity index (χ2n) is 5.99. The van der Waals surface area contributed by atoms with Crippen molar-refractivity contribution in [2.24, 2.45) is 5.41 Å². The second-order valence-corrected chi connectivity index (χ2v) is 7.80. The number of benzene rings is 1. The molecule has 5 heteroatoms. The molecule has 1 aliphatic rings. The summed E-state index contributed by atoms with van der Waals surface area (Å²) in [4.78, 5) is 0. The van der Waals surface area contributed by atoms with Gasteiger partial charge in [-0.2, -0.15) is 0 Å². The molecule has 0 radical (unpaired) electrons. The van der Waals surface area contributed by atoms with Crippen LogP contribution in [0.25, 0.3) is 0 Å². The fourth-order valence-electron chi connectivity index (χ4n) is 2.04. The smallest absolute Gasteiger partial charge is 0.215 e. The van der Waals surface area contributed by atoms with Gasteiger partial charge in [-0.25, -0.2) is 13.1 Å². The summed E-state index contributed by atoms with van der Waals surface area (Å²) in [5.74, 6) is 0.0586. The SMILES string of the molecule is CCNCc1cccc(CS(=O)(=O)NCC2(C)CC2)c1. The topological polar surface area (TPSA) is 58.2 Å². The van der Waals surface area contributed by atoms with Crippen molar-refractivity contribution in [3.8, 4) is 0 Å². The standard InChI is InChI=1S/C15H24N2O2S/c1-3-16-10-13-5-4-6-14(9-13)11-20(18,19)17-12-15(2)7-8-15/h4-6,9,16-17H,3,7-8,10-12H2,1-2H3. The largest absolute Gasteiger partial charge is 0.313 e. The number of rotatable bonds is 8. The van der Waals surface area contributed by atoms with Gasteiger partial charge >= 0.3 is 0 Å². The van der Waals surface area contributed by atoms with Crippen LogP contribution in [0.15, 0.2) is 24.3 Å². The van der Waals surface area contributed by atoms with Crippen molar-refractivity contribution in [2.45, 2.75) is 39.0 Å². The van der Waals surface area contributed by atoms with Crippen molar-refractivity contribution in [3.05, 3.63) is 35.4 Å². The third-order valence-corrected chi connectivity index (χ3v) is 5.05. The van der Waals surface area contributed by atoms with Crippen molar-refractivity contribution in [2.75, 3.05) is 13.1 Å².